The number of hydrogen-bond acceptors (Lipinski definition) is 4. The van der Waals surface area contributed by atoms with Crippen LogP contribution in [0.2, 0.25) is 0 Å². The first kappa shape index (κ1) is 10.6. The Bertz CT molecular complexity index is 250. The quantitative estimate of drug-likeness (QED) is 0.708. The highest BCUT2D eigenvalue weighted by Crippen LogP contribution is 2.14. The summed E-state index contributed by atoms with van der Waals surface area (Å²) in [6.07, 6.45) is 0.625. The van der Waals surface area contributed by atoms with E-state index in [9.17, 15) is 5.11 Å². The molecule has 0 fully saturated rings. The first-order valence-electron chi connectivity index (χ1n) is 4.55. The molecule has 1 aromatic rings. The molecular weight excluding hydrogens is 184 g/mol. The molecule has 0 bridgehead atoms. The third kappa shape index (κ3) is 3.42. The zero-order valence-corrected chi connectivity index (χ0v) is 8.90. The predicted molar refractivity (Wildman–Crippen MR) is 55.0 cm³/mol. The van der Waals surface area contributed by atoms with Crippen LogP contribution in [0, 0.1) is 6.92 Å². The van der Waals surface area contributed by atoms with Crippen LogP contribution in [0.4, 0.5) is 0 Å². The van der Waals surface area contributed by atoms with Gasteiger partial charge in [0.2, 0.25) is 0 Å². The molecule has 4 heteroatoms. The number of aliphatic hydroxyl groups excluding tert-OH is 1. The van der Waals surface area contributed by atoms with Gasteiger partial charge in [0.1, 0.15) is 6.10 Å². The summed E-state index contributed by atoms with van der Waals surface area (Å²) in [6, 6.07) is 0. The Labute approximate surface area is 82.8 Å². The van der Waals surface area contributed by atoms with Crippen LogP contribution < -0.4 is 5.32 Å². The van der Waals surface area contributed by atoms with E-state index in [1.165, 1.54) is 0 Å². The van der Waals surface area contributed by atoms with Crippen molar-refractivity contribution in [3.63, 3.8) is 0 Å². The number of hydrogen-bond donors (Lipinski definition) is 2. The summed E-state index contributed by atoms with van der Waals surface area (Å²) < 4.78 is 0. The molecule has 0 saturated heterocycles. The van der Waals surface area contributed by atoms with E-state index in [0.29, 0.717) is 6.54 Å². The molecule has 2 N–H and O–H groups in total. The van der Waals surface area contributed by atoms with E-state index < -0.39 is 6.10 Å². The Kier molecular flexibility index (Phi) is 4.35. The molecule has 0 spiro atoms. The summed E-state index contributed by atoms with van der Waals surface area (Å²) >= 11 is 1.57. The van der Waals surface area contributed by atoms with Crippen LogP contribution in [0.15, 0.2) is 5.38 Å². The molecule has 0 aliphatic rings. The summed E-state index contributed by atoms with van der Waals surface area (Å²) in [6.45, 7) is 5.59. The SMILES string of the molecule is CCCNCC(O)c1csc(C)n1. The highest BCUT2D eigenvalue weighted by atomic mass is 32.1. The number of nitrogens with one attached hydrogen (secondary N) is 1. The van der Waals surface area contributed by atoms with E-state index in [2.05, 4.69) is 17.2 Å². The van der Waals surface area contributed by atoms with Crippen molar-refractivity contribution in [3.8, 4) is 0 Å². The Hall–Kier alpha value is -0.450. The lowest BCUT2D eigenvalue weighted by atomic mass is 10.3. The summed E-state index contributed by atoms with van der Waals surface area (Å²) in [4.78, 5) is 4.22. The van der Waals surface area contributed by atoms with E-state index in [1.54, 1.807) is 11.3 Å². The molecule has 0 aromatic carbocycles. The normalized spacial score (nSPS) is 13.2. The van der Waals surface area contributed by atoms with Gasteiger partial charge >= 0.3 is 0 Å². The topological polar surface area (TPSA) is 45.1 Å². The van der Waals surface area contributed by atoms with Gasteiger partial charge in [0.15, 0.2) is 0 Å². The van der Waals surface area contributed by atoms with Crippen molar-refractivity contribution in [1.82, 2.24) is 10.3 Å². The van der Waals surface area contributed by atoms with E-state index in [-0.39, 0.29) is 0 Å². The van der Waals surface area contributed by atoms with Gasteiger partial charge in [0.25, 0.3) is 0 Å². The molecule has 0 aliphatic carbocycles. The fourth-order valence-corrected chi connectivity index (χ4v) is 1.71. The lowest BCUT2D eigenvalue weighted by molar-refractivity contribution is 0.171. The van der Waals surface area contributed by atoms with Crippen molar-refractivity contribution >= 4 is 11.3 Å². The van der Waals surface area contributed by atoms with Gasteiger partial charge in [-0.2, -0.15) is 0 Å². The molecule has 1 aromatic heterocycles. The first-order chi connectivity index (χ1) is 6.24. The zero-order chi connectivity index (χ0) is 9.68. The number of nitrogens with zero attached hydrogens (tertiary/aromatic N) is 1. The fraction of sp³-hybridized carbons (Fsp3) is 0.667. The number of aryl methyl sites for hydroxylation is 1. The second kappa shape index (κ2) is 5.32. The maximum atomic E-state index is 9.64. The van der Waals surface area contributed by atoms with Crippen LogP contribution in [0.5, 0.6) is 0 Å². The molecule has 74 valence electrons. The summed E-state index contributed by atoms with van der Waals surface area (Å²) in [7, 11) is 0. The van der Waals surface area contributed by atoms with Crippen LogP contribution in [0.1, 0.15) is 30.2 Å². The Morgan fingerprint density at radius 1 is 1.69 bits per heavy atom. The van der Waals surface area contributed by atoms with E-state index >= 15 is 0 Å². The van der Waals surface area contributed by atoms with E-state index in [4.69, 9.17) is 0 Å². The molecule has 3 nitrogen and oxygen atoms in total. The highest BCUT2D eigenvalue weighted by molar-refractivity contribution is 7.09. The average Bonchev–Trinajstić information content (AvgIpc) is 2.52. The van der Waals surface area contributed by atoms with Crippen molar-refractivity contribution in [2.45, 2.75) is 26.4 Å². The van der Waals surface area contributed by atoms with Crippen molar-refractivity contribution in [1.29, 1.82) is 0 Å². The van der Waals surface area contributed by atoms with Crippen molar-refractivity contribution in [2.24, 2.45) is 0 Å². The number of thiazole rings is 1. The monoisotopic (exact) mass is 200 g/mol. The predicted octanol–water partition coefficient (Wildman–Crippen LogP) is 1.48. The number of rotatable bonds is 5. The van der Waals surface area contributed by atoms with Gasteiger partial charge in [-0.05, 0) is 19.9 Å². The Morgan fingerprint density at radius 3 is 3.00 bits per heavy atom. The second-order valence-corrected chi connectivity index (χ2v) is 4.07. The van der Waals surface area contributed by atoms with Crippen molar-refractivity contribution in [3.05, 3.63) is 16.1 Å². The van der Waals surface area contributed by atoms with Gasteiger partial charge in [-0.15, -0.1) is 11.3 Å². The smallest absolute Gasteiger partial charge is 0.109 e. The van der Waals surface area contributed by atoms with Crippen LogP contribution >= 0.6 is 11.3 Å². The number of aliphatic hydroxyl groups is 1. The summed E-state index contributed by atoms with van der Waals surface area (Å²) in [5.41, 5.74) is 0.783. The maximum absolute atomic E-state index is 9.64. The summed E-state index contributed by atoms with van der Waals surface area (Å²) in [5, 5.41) is 15.7. The molecule has 0 saturated carbocycles. The van der Waals surface area contributed by atoms with Crippen LogP contribution in [0.25, 0.3) is 0 Å². The molecule has 1 rings (SSSR count). The minimum atomic E-state index is -0.462. The molecule has 1 unspecified atom stereocenters. The zero-order valence-electron chi connectivity index (χ0n) is 8.08. The van der Waals surface area contributed by atoms with Gasteiger partial charge < -0.3 is 10.4 Å². The average molecular weight is 200 g/mol. The molecule has 0 amide bonds. The van der Waals surface area contributed by atoms with Gasteiger partial charge in [0.05, 0.1) is 10.7 Å². The number of aromatic nitrogens is 1. The largest absolute Gasteiger partial charge is 0.385 e. The fourth-order valence-electron chi connectivity index (χ4n) is 1.05. The Morgan fingerprint density at radius 2 is 2.46 bits per heavy atom. The van der Waals surface area contributed by atoms with E-state index in [1.807, 2.05) is 12.3 Å². The minimum Gasteiger partial charge on any atom is -0.385 e. The molecule has 1 heterocycles. The van der Waals surface area contributed by atoms with Gasteiger partial charge in [-0.25, -0.2) is 4.98 Å². The Balaban J connectivity index is 2.35. The molecule has 0 radical (unpaired) electrons. The van der Waals surface area contributed by atoms with Crippen LogP contribution in [-0.4, -0.2) is 23.2 Å². The third-order valence-electron chi connectivity index (χ3n) is 1.74. The van der Waals surface area contributed by atoms with Gasteiger partial charge in [0, 0.05) is 11.9 Å². The highest BCUT2D eigenvalue weighted by Gasteiger charge is 2.09. The maximum Gasteiger partial charge on any atom is 0.109 e. The molecule has 1 atom stereocenters. The second-order valence-electron chi connectivity index (χ2n) is 3.01. The lowest BCUT2D eigenvalue weighted by Gasteiger charge is -2.08. The van der Waals surface area contributed by atoms with E-state index in [0.717, 1.165) is 23.7 Å². The standard InChI is InChI=1S/C9H16N2OS/c1-3-4-10-5-9(12)8-6-13-7(2)11-8/h6,9-10,12H,3-5H2,1-2H3. The van der Waals surface area contributed by atoms with Crippen LogP contribution in [0.3, 0.4) is 0 Å². The summed E-state index contributed by atoms with van der Waals surface area (Å²) in [5.74, 6) is 0. The van der Waals surface area contributed by atoms with Gasteiger partial charge in [-0.3, -0.25) is 0 Å². The molecule has 0 aliphatic heterocycles. The van der Waals surface area contributed by atoms with Crippen LogP contribution in [-0.2, 0) is 0 Å². The van der Waals surface area contributed by atoms with Crippen molar-refractivity contribution < 1.29 is 5.11 Å². The minimum absolute atomic E-state index is 0.462. The first-order valence-corrected chi connectivity index (χ1v) is 5.42. The molecule has 13 heavy (non-hydrogen) atoms. The third-order valence-corrected chi connectivity index (χ3v) is 2.53. The van der Waals surface area contributed by atoms with Gasteiger partial charge in [-0.1, -0.05) is 6.92 Å². The van der Waals surface area contributed by atoms with Crippen molar-refractivity contribution in [2.75, 3.05) is 13.1 Å². The lowest BCUT2D eigenvalue weighted by Crippen LogP contribution is -2.22. The molecular formula is C9H16N2OS.